The number of rotatable bonds is 1. The molecule has 0 saturated carbocycles. The summed E-state index contributed by atoms with van der Waals surface area (Å²) in [6, 6.07) is 0. The van der Waals surface area contributed by atoms with Gasteiger partial charge in [0.1, 0.15) is 0 Å². The lowest BCUT2D eigenvalue weighted by atomic mass is 10.5. The van der Waals surface area contributed by atoms with Crippen LogP contribution in [0.25, 0.3) is 0 Å². The van der Waals surface area contributed by atoms with E-state index in [4.69, 9.17) is 0 Å². The molecule has 0 bridgehead atoms. The Hall–Kier alpha value is -0.0900. The van der Waals surface area contributed by atoms with E-state index in [0.717, 1.165) is 0 Å². The molecule has 0 radical (unpaired) electrons. The zero-order chi connectivity index (χ0) is 5.49. The SMILES string of the molecule is CCC1OS1(=O)=O. The summed E-state index contributed by atoms with van der Waals surface area (Å²) in [6.45, 7) is 1.77. The van der Waals surface area contributed by atoms with Gasteiger partial charge in [0.15, 0.2) is 0 Å². The maximum absolute atomic E-state index is 10.1. The summed E-state index contributed by atoms with van der Waals surface area (Å²) < 4.78 is 24.4. The van der Waals surface area contributed by atoms with E-state index in [-0.39, 0.29) is 0 Å². The molecule has 3 nitrogen and oxygen atoms in total. The van der Waals surface area contributed by atoms with Crippen LogP contribution < -0.4 is 0 Å². The highest BCUT2D eigenvalue weighted by Gasteiger charge is 2.43. The van der Waals surface area contributed by atoms with Gasteiger partial charge in [-0.25, -0.2) is 4.18 Å². The average molecular weight is 122 g/mol. The number of hydrogen-bond acceptors (Lipinski definition) is 3. The van der Waals surface area contributed by atoms with E-state index in [0.29, 0.717) is 6.42 Å². The third-order valence-corrected chi connectivity index (χ3v) is 2.24. The van der Waals surface area contributed by atoms with Gasteiger partial charge >= 0.3 is 0 Å². The van der Waals surface area contributed by atoms with E-state index in [1.54, 1.807) is 6.92 Å². The highest BCUT2D eigenvalue weighted by molar-refractivity contribution is 7.92. The Bertz CT molecular complexity index is 157. The molecule has 0 aromatic carbocycles. The van der Waals surface area contributed by atoms with Gasteiger partial charge in [-0.05, 0) is 6.42 Å². The zero-order valence-electron chi connectivity index (χ0n) is 3.92. The molecule has 0 aliphatic carbocycles. The molecule has 1 saturated heterocycles. The van der Waals surface area contributed by atoms with Crippen LogP contribution in [0.5, 0.6) is 0 Å². The van der Waals surface area contributed by atoms with Gasteiger partial charge in [-0.15, -0.1) is 0 Å². The highest BCUT2D eigenvalue weighted by Crippen LogP contribution is 2.26. The fourth-order valence-corrected chi connectivity index (χ4v) is 1.39. The minimum absolute atomic E-state index is 0.479. The van der Waals surface area contributed by atoms with Gasteiger partial charge in [0.25, 0.3) is 10.1 Å². The summed E-state index contributed by atoms with van der Waals surface area (Å²) in [5.41, 5.74) is -0.479. The van der Waals surface area contributed by atoms with E-state index in [1.807, 2.05) is 0 Å². The van der Waals surface area contributed by atoms with Gasteiger partial charge in [-0.2, -0.15) is 8.42 Å². The van der Waals surface area contributed by atoms with Crippen LogP contribution in [0.15, 0.2) is 0 Å². The van der Waals surface area contributed by atoms with E-state index in [9.17, 15) is 8.42 Å². The maximum atomic E-state index is 10.1. The van der Waals surface area contributed by atoms with Crippen molar-refractivity contribution in [2.75, 3.05) is 0 Å². The van der Waals surface area contributed by atoms with Crippen molar-refractivity contribution in [1.82, 2.24) is 0 Å². The second kappa shape index (κ2) is 1.20. The van der Waals surface area contributed by atoms with E-state index >= 15 is 0 Å². The molecular formula is C3H6O3S. The molecule has 1 fully saturated rings. The first-order valence-corrected chi connectivity index (χ1v) is 3.56. The fourth-order valence-electron chi connectivity index (χ4n) is 0.399. The van der Waals surface area contributed by atoms with Crippen molar-refractivity contribution >= 4 is 10.1 Å². The minimum atomic E-state index is -3.01. The maximum Gasteiger partial charge on any atom is 0.297 e. The van der Waals surface area contributed by atoms with Crippen LogP contribution in [-0.4, -0.2) is 13.9 Å². The van der Waals surface area contributed by atoms with E-state index < -0.39 is 15.6 Å². The van der Waals surface area contributed by atoms with Crippen molar-refractivity contribution in [3.05, 3.63) is 0 Å². The first kappa shape index (κ1) is 5.05. The average Bonchev–Trinajstić information content (AvgIpc) is 2.13. The largest absolute Gasteiger partial charge is 0.297 e. The van der Waals surface area contributed by atoms with Crippen molar-refractivity contribution in [3.8, 4) is 0 Å². The molecule has 1 heterocycles. The molecule has 1 aliphatic heterocycles. The van der Waals surface area contributed by atoms with Gasteiger partial charge < -0.3 is 0 Å². The monoisotopic (exact) mass is 122 g/mol. The quantitative estimate of drug-likeness (QED) is 0.463. The van der Waals surface area contributed by atoms with Crippen LogP contribution in [-0.2, 0) is 14.3 Å². The Morgan fingerprint density at radius 2 is 2.14 bits per heavy atom. The summed E-state index contributed by atoms with van der Waals surface area (Å²) >= 11 is 0. The van der Waals surface area contributed by atoms with Crippen LogP contribution in [0, 0.1) is 0 Å². The smallest absolute Gasteiger partial charge is 0.246 e. The molecule has 1 atom stereocenters. The van der Waals surface area contributed by atoms with Gasteiger partial charge in [-0.3, -0.25) is 0 Å². The van der Waals surface area contributed by atoms with Gasteiger partial charge in [-0.1, -0.05) is 6.92 Å². The van der Waals surface area contributed by atoms with Crippen molar-refractivity contribution < 1.29 is 12.6 Å². The topological polar surface area (TPSA) is 46.7 Å². The molecule has 0 amide bonds. The molecule has 7 heavy (non-hydrogen) atoms. The molecule has 4 heteroatoms. The predicted molar refractivity (Wildman–Crippen MR) is 24.1 cm³/mol. The molecule has 0 spiro atoms. The highest BCUT2D eigenvalue weighted by atomic mass is 32.2. The molecular weight excluding hydrogens is 116 g/mol. The van der Waals surface area contributed by atoms with Gasteiger partial charge in [0.05, 0.1) is 0 Å². The lowest BCUT2D eigenvalue weighted by Gasteiger charge is -1.65. The van der Waals surface area contributed by atoms with Crippen molar-refractivity contribution in [1.29, 1.82) is 0 Å². The Morgan fingerprint density at radius 1 is 1.71 bits per heavy atom. The number of hydrogen-bond donors (Lipinski definition) is 0. The lowest BCUT2D eigenvalue weighted by molar-refractivity contribution is 0.437. The fraction of sp³-hybridized carbons (Fsp3) is 1.00. The van der Waals surface area contributed by atoms with Gasteiger partial charge in [0, 0.05) is 0 Å². The second-order valence-corrected chi connectivity index (χ2v) is 3.13. The first-order chi connectivity index (χ1) is 3.17. The Kier molecular flexibility index (Phi) is 0.864. The predicted octanol–water partition coefficient (Wildman–Crippen LogP) is 0.0825. The van der Waals surface area contributed by atoms with Crippen molar-refractivity contribution in [2.45, 2.75) is 18.8 Å². The third kappa shape index (κ3) is 0.759. The molecule has 1 aliphatic rings. The van der Waals surface area contributed by atoms with Crippen LogP contribution in [0.3, 0.4) is 0 Å². The first-order valence-electron chi connectivity index (χ1n) is 2.09. The van der Waals surface area contributed by atoms with E-state index in [2.05, 4.69) is 4.18 Å². The molecule has 1 rings (SSSR count). The summed E-state index contributed by atoms with van der Waals surface area (Å²) in [6.07, 6.45) is 0.572. The normalized spacial score (nSPS) is 35.3. The summed E-state index contributed by atoms with van der Waals surface area (Å²) in [7, 11) is -3.01. The van der Waals surface area contributed by atoms with Crippen LogP contribution in [0.2, 0.25) is 0 Å². The summed E-state index contributed by atoms with van der Waals surface area (Å²) in [5, 5.41) is 0. The van der Waals surface area contributed by atoms with Crippen molar-refractivity contribution in [3.63, 3.8) is 0 Å². The Balaban J connectivity index is 2.62. The standard InChI is InChI=1S/C3H6O3S/c1-2-3-6-7(3,4)5/h3H,2H2,1H3. The molecule has 0 aromatic rings. The second-order valence-electron chi connectivity index (χ2n) is 1.43. The third-order valence-electron chi connectivity index (χ3n) is 0.859. The van der Waals surface area contributed by atoms with Crippen LogP contribution in [0.1, 0.15) is 13.3 Å². The molecule has 1 unspecified atom stereocenters. The Morgan fingerprint density at radius 3 is 2.14 bits per heavy atom. The van der Waals surface area contributed by atoms with Crippen LogP contribution >= 0.6 is 0 Å². The van der Waals surface area contributed by atoms with Gasteiger partial charge in [0.2, 0.25) is 5.44 Å². The van der Waals surface area contributed by atoms with Crippen molar-refractivity contribution in [2.24, 2.45) is 0 Å². The molecule has 0 aromatic heterocycles. The minimum Gasteiger partial charge on any atom is -0.246 e. The van der Waals surface area contributed by atoms with Crippen LogP contribution in [0.4, 0.5) is 0 Å². The molecule has 42 valence electrons. The van der Waals surface area contributed by atoms with E-state index in [1.165, 1.54) is 0 Å². The lowest BCUT2D eigenvalue weighted by Crippen LogP contribution is -1.80. The summed E-state index contributed by atoms with van der Waals surface area (Å²) in [5.74, 6) is 0. The summed E-state index contributed by atoms with van der Waals surface area (Å²) in [4.78, 5) is 0. The Labute approximate surface area is 42.4 Å². The zero-order valence-corrected chi connectivity index (χ0v) is 4.73. The molecule has 0 N–H and O–H groups in total.